The van der Waals surface area contributed by atoms with Crippen molar-refractivity contribution in [1.29, 1.82) is 0 Å². The van der Waals surface area contributed by atoms with E-state index in [0.717, 1.165) is 6.42 Å². The molecule has 9 heteroatoms. The molecular weight excluding hydrogens is 410 g/mol. The Hall–Kier alpha value is -2.55. The van der Waals surface area contributed by atoms with Crippen LogP contribution < -0.4 is 5.32 Å². The van der Waals surface area contributed by atoms with Gasteiger partial charge in [-0.2, -0.15) is 4.31 Å². The van der Waals surface area contributed by atoms with Crippen LogP contribution in [0.25, 0.3) is 0 Å². The van der Waals surface area contributed by atoms with E-state index >= 15 is 0 Å². The van der Waals surface area contributed by atoms with Crippen LogP contribution in [0.1, 0.15) is 30.1 Å². The Morgan fingerprint density at radius 2 is 1.93 bits per heavy atom. The van der Waals surface area contributed by atoms with Gasteiger partial charge >= 0.3 is 0 Å². The van der Waals surface area contributed by atoms with Crippen LogP contribution in [-0.2, 0) is 15.8 Å². The number of nitrogens with one attached hydrogen (secondary N) is 1. The Morgan fingerprint density at radius 1 is 1.10 bits per heavy atom. The summed E-state index contributed by atoms with van der Waals surface area (Å²) in [6.45, 7) is 0.455. The molecule has 4 rings (SSSR count). The molecule has 1 aliphatic rings. The van der Waals surface area contributed by atoms with E-state index in [1.165, 1.54) is 4.31 Å². The number of pyridine rings is 1. The molecule has 3 aromatic rings. The third-order valence-corrected chi connectivity index (χ3v) is 6.97. The van der Waals surface area contributed by atoms with E-state index in [4.69, 9.17) is 11.6 Å². The minimum atomic E-state index is -3.56. The highest BCUT2D eigenvalue weighted by atomic mass is 35.5. The Labute approximate surface area is 174 Å². The fourth-order valence-corrected chi connectivity index (χ4v) is 5.53. The summed E-state index contributed by atoms with van der Waals surface area (Å²) in [6.07, 6.45) is 6.36. The highest BCUT2D eigenvalue weighted by Gasteiger charge is 2.36. The van der Waals surface area contributed by atoms with E-state index < -0.39 is 10.0 Å². The average molecular weight is 430 g/mol. The summed E-state index contributed by atoms with van der Waals surface area (Å²) < 4.78 is 27.7. The molecule has 29 heavy (non-hydrogen) atoms. The van der Waals surface area contributed by atoms with Gasteiger partial charge in [-0.3, -0.25) is 4.98 Å². The smallest absolute Gasteiger partial charge is 0.218 e. The molecule has 0 amide bonds. The van der Waals surface area contributed by atoms with Gasteiger partial charge in [0.05, 0.1) is 29.9 Å². The zero-order chi connectivity index (χ0) is 20.3. The number of nitrogens with zero attached hydrogens (tertiary/aromatic N) is 4. The molecule has 0 aliphatic carbocycles. The van der Waals surface area contributed by atoms with Crippen molar-refractivity contribution in [2.24, 2.45) is 0 Å². The van der Waals surface area contributed by atoms with Crippen LogP contribution >= 0.6 is 11.6 Å². The number of halogens is 1. The maximum atomic E-state index is 13.1. The first kappa shape index (κ1) is 19.8. The van der Waals surface area contributed by atoms with Gasteiger partial charge in [-0.15, -0.1) is 0 Å². The lowest BCUT2D eigenvalue weighted by atomic mass is 10.2. The van der Waals surface area contributed by atoms with Crippen LogP contribution in [0.5, 0.6) is 0 Å². The summed E-state index contributed by atoms with van der Waals surface area (Å²) >= 11 is 6.17. The molecule has 1 atom stereocenters. The molecule has 0 bridgehead atoms. The van der Waals surface area contributed by atoms with E-state index in [-0.39, 0.29) is 11.8 Å². The van der Waals surface area contributed by atoms with Crippen LogP contribution in [0.3, 0.4) is 0 Å². The van der Waals surface area contributed by atoms with Gasteiger partial charge in [0.1, 0.15) is 11.6 Å². The Balaban J connectivity index is 1.57. The van der Waals surface area contributed by atoms with Crippen molar-refractivity contribution in [3.8, 4) is 0 Å². The maximum absolute atomic E-state index is 13.1. The highest BCUT2D eigenvalue weighted by molar-refractivity contribution is 7.88. The monoisotopic (exact) mass is 429 g/mol. The van der Waals surface area contributed by atoms with Crippen LogP contribution in [0.4, 0.5) is 11.6 Å². The molecular formula is C20H20ClN5O2S. The predicted molar refractivity (Wildman–Crippen MR) is 112 cm³/mol. The molecule has 0 saturated carbocycles. The molecule has 2 aromatic heterocycles. The number of hydrogen-bond acceptors (Lipinski definition) is 6. The number of sulfonamides is 1. The van der Waals surface area contributed by atoms with Crippen LogP contribution in [0.2, 0.25) is 5.02 Å². The van der Waals surface area contributed by atoms with E-state index in [1.807, 2.05) is 18.2 Å². The molecule has 1 aliphatic heterocycles. The van der Waals surface area contributed by atoms with Gasteiger partial charge in [0.25, 0.3) is 0 Å². The molecule has 3 heterocycles. The van der Waals surface area contributed by atoms with E-state index in [2.05, 4.69) is 20.3 Å². The second kappa shape index (κ2) is 8.44. The average Bonchev–Trinajstić information content (AvgIpc) is 3.22. The quantitative estimate of drug-likeness (QED) is 0.638. The van der Waals surface area contributed by atoms with Crippen molar-refractivity contribution in [3.05, 3.63) is 77.3 Å². The second-order valence-corrected chi connectivity index (χ2v) is 9.11. The molecule has 1 saturated heterocycles. The van der Waals surface area contributed by atoms with Gasteiger partial charge in [0.2, 0.25) is 10.0 Å². The summed E-state index contributed by atoms with van der Waals surface area (Å²) in [5, 5.41) is 3.55. The Morgan fingerprint density at radius 3 is 2.72 bits per heavy atom. The second-order valence-electron chi connectivity index (χ2n) is 6.79. The molecule has 0 unspecified atom stereocenters. The lowest BCUT2D eigenvalue weighted by Crippen LogP contribution is -2.32. The predicted octanol–water partition coefficient (Wildman–Crippen LogP) is 3.94. The van der Waals surface area contributed by atoms with Gasteiger partial charge < -0.3 is 5.32 Å². The topological polar surface area (TPSA) is 88.1 Å². The minimum Gasteiger partial charge on any atom is -0.324 e. The van der Waals surface area contributed by atoms with E-state index in [1.54, 1.807) is 42.9 Å². The summed E-state index contributed by atoms with van der Waals surface area (Å²) in [5.41, 5.74) is 1.21. The zero-order valence-corrected chi connectivity index (χ0v) is 17.1. The van der Waals surface area contributed by atoms with Crippen molar-refractivity contribution in [2.75, 3.05) is 11.9 Å². The Bertz CT molecular complexity index is 1090. The van der Waals surface area contributed by atoms with Crippen molar-refractivity contribution in [2.45, 2.75) is 24.6 Å². The van der Waals surface area contributed by atoms with E-state index in [9.17, 15) is 8.42 Å². The fourth-order valence-electron chi connectivity index (χ4n) is 3.43. The van der Waals surface area contributed by atoms with E-state index in [0.29, 0.717) is 40.9 Å². The molecule has 150 valence electrons. The van der Waals surface area contributed by atoms with Gasteiger partial charge in [0.15, 0.2) is 0 Å². The summed E-state index contributed by atoms with van der Waals surface area (Å²) in [4.78, 5) is 13.1. The molecule has 7 nitrogen and oxygen atoms in total. The molecule has 1 aromatic carbocycles. The number of benzene rings is 1. The first-order valence-electron chi connectivity index (χ1n) is 9.26. The lowest BCUT2D eigenvalue weighted by molar-refractivity contribution is 0.389. The van der Waals surface area contributed by atoms with Gasteiger partial charge in [-0.1, -0.05) is 35.9 Å². The van der Waals surface area contributed by atoms with Crippen molar-refractivity contribution >= 4 is 33.3 Å². The third-order valence-electron chi connectivity index (χ3n) is 4.77. The largest absolute Gasteiger partial charge is 0.324 e. The standard InChI is InChI=1S/C20H20ClN5O2S/c21-16-7-2-1-6-15(16)14-29(27,28)26-11-5-8-18(26)17-12-22-13-20(24-17)25-19-9-3-4-10-23-19/h1-4,6-7,9-10,12-13,18H,5,8,11,14H2,(H,23,24,25)/t18-/m0/s1. The normalized spacial score (nSPS) is 17.3. The van der Waals surface area contributed by atoms with Crippen LogP contribution in [0.15, 0.2) is 61.1 Å². The van der Waals surface area contributed by atoms with Crippen molar-refractivity contribution < 1.29 is 8.42 Å². The van der Waals surface area contributed by atoms with Crippen molar-refractivity contribution in [3.63, 3.8) is 0 Å². The van der Waals surface area contributed by atoms with Crippen LogP contribution in [-0.4, -0.2) is 34.2 Å². The number of anilines is 2. The lowest BCUT2D eigenvalue weighted by Gasteiger charge is -2.24. The molecule has 0 spiro atoms. The summed E-state index contributed by atoms with van der Waals surface area (Å²) in [7, 11) is -3.56. The van der Waals surface area contributed by atoms with Crippen molar-refractivity contribution in [1.82, 2.24) is 19.3 Å². The summed E-state index contributed by atoms with van der Waals surface area (Å²) in [6, 6.07) is 12.2. The first-order chi connectivity index (χ1) is 14.0. The number of rotatable bonds is 6. The Kier molecular flexibility index (Phi) is 5.75. The molecule has 1 N–H and O–H groups in total. The zero-order valence-electron chi connectivity index (χ0n) is 15.6. The number of hydrogen-bond donors (Lipinski definition) is 1. The molecule has 0 radical (unpaired) electrons. The molecule has 1 fully saturated rings. The summed E-state index contributed by atoms with van der Waals surface area (Å²) in [5.74, 6) is 1.03. The minimum absolute atomic E-state index is 0.136. The van der Waals surface area contributed by atoms with Gasteiger partial charge in [-0.05, 0) is 36.6 Å². The maximum Gasteiger partial charge on any atom is 0.218 e. The fraction of sp³-hybridized carbons (Fsp3) is 0.250. The first-order valence-corrected chi connectivity index (χ1v) is 11.2. The van der Waals surface area contributed by atoms with Crippen LogP contribution in [0, 0.1) is 0 Å². The number of aromatic nitrogens is 3. The highest BCUT2D eigenvalue weighted by Crippen LogP contribution is 2.35. The van der Waals surface area contributed by atoms with Gasteiger partial charge in [0, 0.05) is 17.8 Å². The third kappa shape index (κ3) is 4.55. The SMILES string of the molecule is O=S(=O)(Cc1ccccc1Cl)N1CCC[C@H]1c1cncc(Nc2ccccn2)n1. The van der Waals surface area contributed by atoms with Gasteiger partial charge in [-0.25, -0.2) is 18.4 Å².